The van der Waals surface area contributed by atoms with Crippen LogP contribution in [-0.4, -0.2) is 10.9 Å². The average Bonchev–Trinajstić information content (AvgIpc) is 2.47. The van der Waals surface area contributed by atoms with Crippen LogP contribution in [0.4, 0.5) is 5.69 Å². The Kier molecular flexibility index (Phi) is 3.64. The second-order valence-electron chi connectivity index (χ2n) is 4.34. The van der Waals surface area contributed by atoms with E-state index in [2.05, 4.69) is 32.9 Å². The molecular formula is C16H11IN2O. The molecule has 0 aliphatic heterocycles. The zero-order valence-corrected chi connectivity index (χ0v) is 12.7. The highest BCUT2D eigenvalue weighted by molar-refractivity contribution is 14.1. The molecule has 1 N–H and O–H groups in total. The van der Waals surface area contributed by atoms with Gasteiger partial charge in [0.05, 0.1) is 11.1 Å². The van der Waals surface area contributed by atoms with Crippen molar-refractivity contribution in [3.8, 4) is 0 Å². The lowest BCUT2D eigenvalue weighted by Gasteiger charge is -2.07. The first-order valence-corrected chi connectivity index (χ1v) is 7.22. The van der Waals surface area contributed by atoms with Crippen LogP contribution in [0.15, 0.2) is 60.8 Å². The van der Waals surface area contributed by atoms with E-state index in [1.54, 1.807) is 6.20 Å². The first-order valence-electron chi connectivity index (χ1n) is 6.15. The highest BCUT2D eigenvalue weighted by Gasteiger charge is 2.09. The van der Waals surface area contributed by atoms with Gasteiger partial charge in [-0.2, -0.15) is 0 Å². The number of aromatic nitrogens is 1. The number of pyridine rings is 1. The Bertz CT molecular complexity index is 786. The van der Waals surface area contributed by atoms with Gasteiger partial charge in [-0.3, -0.25) is 9.78 Å². The van der Waals surface area contributed by atoms with Crippen LogP contribution >= 0.6 is 22.6 Å². The average molecular weight is 374 g/mol. The molecule has 1 aromatic heterocycles. The van der Waals surface area contributed by atoms with E-state index in [1.165, 1.54) is 0 Å². The van der Waals surface area contributed by atoms with Crippen molar-refractivity contribution in [2.75, 3.05) is 5.32 Å². The fraction of sp³-hybridized carbons (Fsp3) is 0. The van der Waals surface area contributed by atoms with Gasteiger partial charge < -0.3 is 5.32 Å². The summed E-state index contributed by atoms with van der Waals surface area (Å²) in [4.78, 5) is 16.5. The first kappa shape index (κ1) is 13.1. The number of nitrogens with one attached hydrogen (secondary N) is 1. The predicted molar refractivity (Wildman–Crippen MR) is 88.9 cm³/mol. The highest BCUT2D eigenvalue weighted by Crippen LogP contribution is 2.19. The lowest BCUT2D eigenvalue weighted by molar-refractivity contribution is 0.102. The molecule has 98 valence electrons. The van der Waals surface area contributed by atoms with Gasteiger partial charge in [-0.1, -0.05) is 18.2 Å². The number of hydrogen-bond acceptors (Lipinski definition) is 2. The molecule has 1 amide bonds. The van der Waals surface area contributed by atoms with Crippen LogP contribution in [-0.2, 0) is 0 Å². The van der Waals surface area contributed by atoms with Gasteiger partial charge in [0.25, 0.3) is 5.91 Å². The molecule has 0 bridgehead atoms. The summed E-state index contributed by atoms with van der Waals surface area (Å²) in [5.41, 5.74) is 2.37. The molecular weight excluding hydrogens is 363 g/mol. The van der Waals surface area contributed by atoms with Crippen molar-refractivity contribution in [1.29, 1.82) is 0 Å². The third-order valence-electron chi connectivity index (χ3n) is 2.98. The summed E-state index contributed by atoms with van der Waals surface area (Å²) in [6.07, 6.45) is 1.76. The van der Waals surface area contributed by atoms with Gasteiger partial charge >= 0.3 is 0 Å². The summed E-state index contributed by atoms with van der Waals surface area (Å²) in [5, 5.41) is 3.93. The summed E-state index contributed by atoms with van der Waals surface area (Å²) in [6, 6.07) is 17.1. The summed E-state index contributed by atoms with van der Waals surface area (Å²) < 4.78 is 0.935. The fourth-order valence-corrected chi connectivity index (χ4v) is 2.63. The van der Waals surface area contributed by atoms with Crippen molar-refractivity contribution in [3.05, 3.63) is 69.9 Å². The van der Waals surface area contributed by atoms with Crippen LogP contribution < -0.4 is 5.32 Å². The fourth-order valence-electron chi connectivity index (χ4n) is 2.00. The van der Waals surface area contributed by atoms with Gasteiger partial charge in [0, 0.05) is 20.8 Å². The molecule has 3 rings (SSSR count). The van der Waals surface area contributed by atoms with Crippen molar-refractivity contribution in [2.45, 2.75) is 0 Å². The third kappa shape index (κ3) is 2.65. The Morgan fingerprint density at radius 1 is 1.05 bits per heavy atom. The number of carbonyl (C=O) groups excluding carboxylic acids is 1. The molecule has 0 aliphatic carbocycles. The number of nitrogens with zero attached hydrogens (tertiary/aromatic N) is 1. The molecule has 0 aliphatic rings. The Morgan fingerprint density at radius 2 is 1.90 bits per heavy atom. The van der Waals surface area contributed by atoms with E-state index in [9.17, 15) is 4.79 Å². The number of anilines is 1. The minimum atomic E-state index is -0.0989. The maximum Gasteiger partial charge on any atom is 0.256 e. The molecule has 20 heavy (non-hydrogen) atoms. The van der Waals surface area contributed by atoms with Crippen LogP contribution in [0.2, 0.25) is 0 Å². The quantitative estimate of drug-likeness (QED) is 0.687. The van der Waals surface area contributed by atoms with Crippen molar-refractivity contribution in [1.82, 2.24) is 4.98 Å². The molecule has 1 heterocycles. The highest BCUT2D eigenvalue weighted by atomic mass is 127. The summed E-state index contributed by atoms with van der Waals surface area (Å²) >= 11 is 2.16. The smallest absolute Gasteiger partial charge is 0.256 e. The molecule has 0 saturated carbocycles. The maximum absolute atomic E-state index is 12.2. The van der Waals surface area contributed by atoms with Crippen molar-refractivity contribution in [2.24, 2.45) is 0 Å². The number of benzene rings is 2. The molecule has 0 unspecified atom stereocenters. The molecule has 3 nitrogen and oxygen atoms in total. The number of amides is 1. The summed E-state index contributed by atoms with van der Waals surface area (Å²) in [5.74, 6) is -0.0989. The van der Waals surface area contributed by atoms with E-state index >= 15 is 0 Å². The second-order valence-corrected chi connectivity index (χ2v) is 5.51. The molecule has 0 spiro atoms. The van der Waals surface area contributed by atoms with Gasteiger partial charge in [-0.25, -0.2) is 0 Å². The van der Waals surface area contributed by atoms with Gasteiger partial charge in [0.1, 0.15) is 0 Å². The number of hydrogen-bond donors (Lipinski definition) is 1. The Morgan fingerprint density at radius 3 is 2.75 bits per heavy atom. The van der Waals surface area contributed by atoms with E-state index in [0.29, 0.717) is 5.56 Å². The lowest BCUT2D eigenvalue weighted by Crippen LogP contribution is -2.13. The normalized spacial score (nSPS) is 10.4. The van der Waals surface area contributed by atoms with Gasteiger partial charge in [0.2, 0.25) is 0 Å². The Balaban J connectivity index is 1.89. The predicted octanol–water partition coefficient (Wildman–Crippen LogP) is 4.09. The maximum atomic E-state index is 12.2. The van der Waals surface area contributed by atoms with Gasteiger partial charge in [-0.15, -0.1) is 0 Å². The molecule has 0 fully saturated rings. The largest absolute Gasteiger partial charge is 0.322 e. The van der Waals surface area contributed by atoms with Crippen molar-refractivity contribution < 1.29 is 4.79 Å². The zero-order valence-electron chi connectivity index (χ0n) is 10.5. The van der Waals surface area contributed by atoms with Crippen molar-refractivity contribution >= 4 is 45.1 Å². The minimum absolute atomic E-state index is 0.0989. The number of rotatable bonds is 2. The molecule has 4 heteroatoms. The van der Waals surface area contributed by atoms with Crippen LogP contribution in [0.25, 0.3) is 10.9 Å². The number of fused-ring (bicyclic) bond motifs is 1. The zero-order chi connectivity index (χ0) is 13.9. The monoisotopic (exact) mass is 374 g/mol. The van der Waals surface area contributed by atoms with Gasteiger partial charge in [-0.05, 0) is 59.0 Å². The SMILES string of the molecule is O=C(Nc1ccc2ncccc2c1)c1ccccc1I. The first-order chi connectivity index (χ1) is 9.74. The molecule has 3 aromatic rings. The minimum Gasteiger partial charge on any atom is -0.322 e. The topological polar surface area (TPSA) is 42.0 Å². The third-order valence-corrected chi connectivity index (χ3v) is 3.92. The summed E-state index contributed by atoms with van der Waals surface area (Å²) in [6.45, 7) is 0. The molecule has 0 radical (unpaired) electrons. The second kappa shape index (κ2) is 5.58. The molecule has 0 atom stereocenters. The lowest BCUT2D eigenvalue weighted by atomic mass is 10.2. The van der Waals surface area contributed by atoms with E-state index in [-0.39, 0.29) is 5.91 Å². The Hall–Kier alpha value is -1.95. The van der Waals surface area contributed by atoms with Crippen molar-refractivity contribution in [3.63, 3.8) is 0 Å². The van der Waals surface area contributed by atoms with E-state index in [4.69, 9.17) is 0 Å². The molecule has 2 aromatic carbocycles. The van der Waals surface area contributed by atoms with Crippen LogP contribution in [0.5, 0.6) is 0 Å². The van der Waals surface area contributed by atoms with E-state index in [0.717, 1.165) is 20.2 Å². The number of halogens is 1. The molecule has 0 saturated heterocycles. The number of carbonyl (C=O) groups is 1. The van der Waals surface area contributed by atoms with Crippen LogP contribution in [0.3, 0.4) is 0 Å². The standard InChI is InChI=1S/C16H11IN2O/c17-14-6-2-1-5-13(14)16(20)19-12-7-8-15-11(10-12)4-3-9-18-15/h1-10H,(H,19,20). The summed E-state index contributed by atoms with van der Waals surface area (Å²) in [7, 11) is 0. The van der Waals surface area contributed by atoms with Gasteiger partial charge in [0.15, 0.2) is 0 Å². The van der Waals surface area contributed by atoms with Crippen LogP contribution in [0.1, 0.15) is 10.4 Å². The van der Waals surface area contributed by atoms with Crippen LogP contribution in [0, 0.1) is 3.57 Å². The van der Waals surface area contributed by atoms with E-state index in [1.807, 2.05) is 54.6 Å². The Labute approximate surface area is 130 Å². The van der Waals surface area contributed by atoms with E-state index < -0.39 is 0 Å².